The second-order valence-corrected chi connectivity index (χ2v) is 10.3. The topological polar surface area (TPSA) is 38.6 Å². The van der Waals surface area contributed by atoms with Gasteiger partial charge in [0.05, 0.1) is 17.9 Å². The fraction of sp³-hybridized carbons (Fsp3) is 0.905. The van der Waals surface area contributed by atoms with Crippen molar-refractivity contribution in [2.75, 3.05) is 7.05 Å². The summed E-state index contributed by atoms with van der Waals surface area (Å²) in [6, 6.07) is 0. The largest absolute Gasteiger partial charge is 0.325 e. The molecule has 138 valence electrons. The minimum atomic E-state index is -0.420. The molecule has 2 rings (SSSR count). The summed E-state index contributed by atoms with van der Waals surface area (Å²) in [5, 5.41) is 0. The summed E-state index contributed by atoms with van der Waals surface area (Å²) < 4.78 is 0. The van der Waals surface area contributed by atoms with E-state index in [1.54, 1.807) is 7.05 Å². The van der Waals surface area contributed by atoms with Gasteiger partial charge in [-0.05, 0) is 62.2 Å². The van der Waals surface area contributed by atoms with Crippen LogP contribution in [0.2, 0.25) is 0 Å². The Hall–Kier alpha value is -0.700. The van der Waals surface area contributed by atoms with E-state index >= 15 is 0 Å². The highest BCUT2D eigenvalue weighted by atomic mass is 16.2. The lowest BCUT2D eigenvalue weighted by Gasteiger charge is -2.42. The fourth-order valence-electron chi connectivity index (χ4n) is 5.21. The van der Waals surface area contributed by atoms with Gasteiger partial charge in [-0.2, -0.15) is 0 Å². The van der Waals surface area contributed by atoms with Crippen molar-refractivity contribution in [3.63, 3.8) is 0 Å². The van der Waals surface area contributed by atoms with E-state index in [-0.39, 0.29) is 22.6 Å². The van der Waals surface area contributed by atoms with E-state index < -0.39 is 10.8 Å². The Balaban J connectivity index is 2.31. The van der Waals surface area contributed by atoms with E-state index in [0.717, 1.165) is 25.7 Å². The quantitative estimate of drug-likeness (QED) is 0.784. The molecule has 24 heavy (non-hydrogen) atoms. The first kappa shape index (κ1) is 19.6. The van der Waals surface area contributed by atoms with E-state index in [4.69, 9.17) is 0 Å². The van der Waals surface area contributed by atoms with Crippen LogP contribution in [0.25, 0.3) is 0 Å². The zero-order valence-corrected chi connectivity index (χ0v) is 17.3. The molecular formula is C21H38NO2+. The summed E-state index contributed by atoms with van der Waals surface area (Å²) in [5.74, 6) is 1.21. The molecule has 0 spiro atoms. The third-order valence-electron chi connectivity index (χ3n) is 9.15. The zero-order chi connectivity index (χ0) is 18.7. The minimum Gasteiger partial charge on any atom is -0.230 e. The number of hydrogen-bond donors (Lipinski definition) is 1. The lowest BCUT2D eigenvalue weighted by molar-refractivity contribution is -0.725. The molecule has 2 aliphatic rings. The van der Waals surface area contributed by atoms with Crippen LogP contribution in [0.5, 0.6) is 0 Å². The molecule has 0 heterocycles. The summed E-state index contributed by atoms with van der Waals surface area (Å²) in [4.78, 5) is 27.3. The van der Waals surface area contributed by atoms with Crippen LogP contribution in [0.1, 0.15) is 81.1 Å². The Kier molecular flexibility index (Phi) is 4.62. The molecule has 0 aromatic rings. The van der Waals surface area contributed by atoms with Gasteiger partial charge in [-0.3, -0.25) is 0 Å². The Morgan fingerprint density at radius 2 is 1.04 bits per heavy atom. The first-order valence-corrected chi connectivity index (χ1v) is 9.66. The summed E-state index contributed by atoms with van der Waals surface area (Å²) in [6.07, 6.45) is 3.91. The second kappa shape index (κ2) is 5.65. The first-order valence-electron chi connectivity index (χ1n) is 9.66. The summed E-state index contributed by atoms with van der Waals surface area (Å²) in [7, 11) is 1.79. The molecule has 0 aliphatic heterocycles. The van der Waals surface area contributed by atoms with Crippen molar-refractivity contribution in [1.29, 1.82) is 0 Å². The molecule has 3 heteroatoms. The molecule has 0 radical (unpaired) electrons. The summed E-state index contributed by atoms with van der Waals surface area (Å²) >= 11 is 0. The number of quaternary nitrogens is 1. The van der Waals surface area contributed by atoms with Crippen molar-refractivity contribution in [3.8, 4) is 0 Å². The van der Waals surface area contributed by atoms with Gasteiger partial charge in [-0.25, -0.2) is 14.5 Å². The van der Waals surface area contributed by atoms with Crippen LogP contribution >= 0.6 is 0 Å². The number of carbonyl (C=O) groups excluding carboxylic acids is 2. The molecule has 0 saturated heterocycles. The number of carbonyl (C=O) groups is 2. The number of imide groups is 1. The van der Waals surface area contributed by atoms with Gasteiger partial charge in [0.15, 0.2) is 0 Å². The smallest absolute Gasteiger partial charge is 0.230 e. The number of amides is 2. The van der Waals surface area contributed by atoms with Crippen LogP contribution < -0.4 is 4.90 Å². The molecule has 2 fully saturated rings. The van der Waals surface area contributed by atoms with Gasteiger partial charge in [-0.1, -0.05) is 41.5 Å². The lowest BCUT2D eigenvalue weighted by atomic mass is 9.63. The second-order valence-electron chi connectivity index (χ2n) is 10.3. The number of hydrogen-bond acceptors (Lipinski definition) is 2. The molecule has 1 N–H and O–H groups in total. The van der Waals surface area contributed by atoms with Gasteiger partial charge in [0.25, 0.3) is 0 Å². The molecule has 2 aliphatic carbocycles. The van der Waals surface area contributed by atoms with E-state index in [0.29, 0.717) is 16.7 Å². The summed E-state index contributed by atoms with van der Waals surface area (Å²) in [5.41, 5.74) is -0.968. The third-order valence-corrected chi connectivity index (χ3v) is 9.15. The molecule has 3 nitrogen and oxygen atoms in total. The highest BCUT2D eigenvalue weighted by Crippen LogP contribution is 2.57. The molecule has 2 saturated carbocycles. The highest BCUT2D eigenvalue weighted by molar-refractivity contribution is 5.88. The predicted molar refractivity (Wildman–Crippen MR) is 97.5 cm³/mol. The van der Waals surface area contributed by atoms with Crippen molar-refractivity contribution >= 4 is 11.8 Å². The van der Waals surface area contributed by atoms with Crippen LogP contribution in [0.15, 0.2) is 0 Å². The van der Waals surface area contributed by atoms with Crippen molar-refractivity contribution < 1.29 is 14.5 Å². The van der Waals surface area contributed by atoms with Crippen LogP contribution in [-0.2, 0) is 9.59 Å². The van der Waals surface area contributed by atoms with E-state index in [2.05, 4.69) is 55.4 Å². The van der Waals surface area contributed by atoms with Gasteiger partial charge in [0.1, 0.15) is 0 Å². The molecule has 4 unspecified atom stereocenters. The maximum absolute atomic E-state index is 13.4. The highest BCUT2D eigenvalue weighted by Gasteiger charge is 2.62. The monoisotopic (exact) mass is 336 g/mol. The Morgan fingerprint density at radius 1 is 0.750 bits per heavy atom. The van der Waals surface area contributed by atoms with Gasteiger partial charge < -0.3 is 0 Å². The molecule has 0 bridgehead atoms. The van der Waals surface area contributed by atoms with Crippen molar-refractivity contribution in [2.24, 2.45) is 33.5 Å². The molecule has 2 amide bonds. The van der Waals surface area contributed by atoms with Gasteiger partial charge >= 0.3 is 11.8 Å². The molecule has 0 aromatic carbocycles. The van der Waals surface area contributed by atoms with E-state index in [1.807, 2.05) is 0 Å². The lowest BCUT2D eigenvalue weighted by Crippen LogP contribution is -3.17. The van der Waals surface area contributed by atoms with Crippen molar-refractivity contribution in [1.82, 2.24) is 0 Å². The van der Waals surface area contributed by atoms with Gasteiger partial charge in [0, 0.05) is 0 Å². The van der Waals surface area contributed by atoms with Crippen LogP contribution in [-0.4, -0.2) is 18.9 Å². The Morgan fingerprint density at radius 3 is 1.25 bits per heavy atom. The Labute approximate surface area is 148 Å². The average Bonchev–Trinajstić information content (AvgIpc) is 2.85. The SMILES string of the molecule is CC1CCC(C)(C(=O)[NH+](C)C(=O)C2(C)CCC(C)C2(C)C)C1(C)C. The van der Waals surface area contributed by atoms with Crippen LogP contribution in [0.3, 0.4) is 0 Å². The molecule has 0 aromatic heterocycles. The van der Waals surface area contributed by atoms with Crippen molar-refractivity contribution in [3.05, 3.63) is 0 Å². The van der Waals surface area contributed by atoms with Gasteiger partial charge in [-0.15, -0.1) is 0 Å². The number of nitrogens with one attached hydrogen (secondary N) is 1. The van der Waals surface area contributed by atoms with Crippen molar-refractivity contribution in [2.45, 2.75) is 81.1 Å². The predicted octanol–water partition coefficient (Wildman–Crippen LogP) is 3.48. The molecular weight excluding hydrogens is 298 g/mol. The number of rotatable bonds is 2. The fourth-order valence-corrected chi connectivity index (χ4v) is 5.21. The zero-order valence-electron chi connectivity index (χ0n) is 17.3. The Bertz CT molecular complexity index is 502. The molecule has 4 atom stereocenters. The maximum Gasteiger partial charge on any atom is 0.325 e. The minimum absolute atomic E-state index is 0.0645. The van der Waals surface area contributed by atoms with Crippen LogP contribution in [0.4, 0.5) is 0 Å². The van der Waals surface area contributed by atoms with E-state index in [9.17, 15) is 9.59 Å². The van der Waals surface area contributed by atoms with Gasteiger partial charge in [0.2, 0.25) is 0 Å². The standard InChI is InChI=1S/C21H37NO2/c1-14-10-12-20(7,18(14,3)4)16(23)22(9)17(24)21(8)13-11-15(2)19(21,5)6/h14-15H,10-13H2,1-9H3/p+1. The normalized spacial score (nSPS) is 42.0. The summed E-state index contributed by atoms with van der Waals surface area (Å²) in [6.45, 7) is 17.4. The average molecular weight is 337 g/mol. The van der Waals surface area contributed by atoms with E-state index in [1.165, 1.54) is 0 Å². The first-order chi connectivity index (χ1) is 10.7. The third kappa shape index (κ3) is 2.34. The maximum atomic E-state index is 13.4. The van der Waals surface area contributed by atoms with Crippen LogP contribution in [0, 0.1) is 33.5 Å².